The largest absolute Gasteiger partial charge is 0.489 e. The van der Waals surface area contributed by atoms with Gasteiger partial charge in [0.05, 0.1) is 6.20 Å². The molecule has 1 aromatic heterocycles. The number of piperazine rings is 1. The number of halogens is 2. The lowest BCUT2D eigenvalue weighted by Crippen LogP contribution is -2.65. The van der Waals surface area contributed by atoms with Gasteiger partial charge >= 0.3 is 0 Å². The molecule has 0 spiro atoms. The maximum atomic E-state index is 13.1. The fourth-order valence-electron chi connectivity index (χ4n) is 4.01. The molecule has 0 aliphatic carbocycles. The van der Waals surface area contributed by atoms with Crippen LogP contribution in [0.25, 0.3) is 0 Å². The maximum Gasteiger partial charge on any atom is 0.141 e. The van der Waals surface area contributed by atoms with Crippen molar-refractivity contribution >= 4 is 5.82 Å². The summed E-state index contributed by atoms with van der Waals surface area (Å²) < 4.78 is 32.2. The van der Waals surface area contributed by atoms with E-state index in [0.29, 0.717) is 5.75 Å². The highest BCUT2D eigenvalue weighted by molar-refractivity contribution is 5.40. The van der Waals surface area contributed by atoms with Crippen molar-refractivity contribution in [2.24, 2.45) is 0 Å². The van der Waals surface area contributed by atoms with Gasteiger partial charge in [-0.15, -0.1) is 0 Å². The van der Waals surface area contributed by atoms with Gasteiger partial charge in [0, 0.05) is 31.7 Å². The SMILES string of the molecule is C[C@@]12CC[C@@H](Oc3ccc(F)cc3)CN1CCN(c1ccc(F)cn1)C2. The van der Waals surface area contributed by atoms with Crippen LogP contribution in [0.2, 0.25) is 0 Å². The second-order valence-corrected chi connectivity index (χ2v) is 7.43. The van der Waals surface area contributed by atoms with Gasteiger partial charge in [0.25, 0.3) is 0 Å². The van der Waals surface area contributed by atoms with Crippen LogP contribution in [0.3, 0.4) is 0 Å². The molecule has 0 amide bonds. The van der Waals surface area contributed by atoms with Gasteiger partial charge in [-0.1, -0.05) is 0 Å². The number of fused-ring (bicyclic) bond motifs is 1. The first-order chi connectivity index (χ1) is 12.5. The molecule has 6 heteroatoms. The summed E-state index contributed by atoms with van der Waals surface area (Å²) in [5, 5.41) is 0. The summed E-state index contributed by atoms with van der Waals surface area (Å²) in [4.78, 5) is 8.94. The van der Waals surface area contributed by atoms with Gasteiger partial charge in [0.1, 0.15) is 29.3 Å². The van der Waals surface area contributed by atoms with Crippen molar-refractivity contribution in [3.05, 3.63) is 54.2 Å². The van der Waals surface area contributed by atoms with Gasteiger partial charge in [0.2, 0.25) is 0 Å². The van der Waals surface area contributed by atoms with Crippen LogP contribution in [0.1, 0.15) is 19.8 Å². The van der Waals surface area contributed by atoms with Gasteiger partial charge in [-0.05, 0) is 56.2 Å². The summed E-state index contributed by atoms with van der Waals surface area (Å²) in [7, 11) is 0. The van der Waals surface area contributed by atoms with Crippen LogP contribution in [0.4, 0.5) is 14.6 Å². The first-order valence-electron chi connectivity index (χ1n) is 9.06. The first-order valence-corrected chi connectivity index (χ1v) is 9.06. The molecule has 26 heavy (non-hydrogen) atoms. The number of pyridine rings is 1. The molecule has 0 saturated carbocycles. The van der Waals surface area contributed by atoms with Crippen molar-refractivity contribution in [2.45, 2.75) is 31.4 Å². The van der Waals surface area contributed by atoms with Gasteiger partial charge in [-0.3, -0.25) is 4.90 Å². The molecule has 0 unspecified atom stereocenters. The van der Waals surface area contributed by atoms with E-state index in [0.717, 1.165) is 44.8 Å². The zero-order valence-corrected chi connectivity index (χ0v) is 14.9. The van der Waals surface area contributed by atoms with Gasteiger partial charge < -0.3 is 9.64 Å². The Labute approximate surface area is 152 Å². The minimum atomic E-state index is -0.308. The quantitative estimate of drug-likeness (QED) is 0.839. The molecule has 0 bridgehead atoms. The minimum Gasteiger partial charge on any atom is -0.489 e. The lowest BCUT2D eigenvalue weighted by atomic mass is 9.85. The summed E-state index contributed by atoms with van der Waals surface area (Å²) in [5.74, 6) is 0.988. The molecule has 0 radical (unpaired) electrons. The molecule has 2 aromatic rings. The predicted molar refractivity (Wildman–Crippen MR) is 96.4 cm³/mol. The van der Waals surface area contributed by atoms with Crippen molar-refractivity contribution in [3.8, 4) is 5.75 Å². The Bertz CT molecular complexity index is 753. The van der Waals surface area contributed by atoms with Gasteiger partial charge in [-0.2, -0.15) is 0 Å². The molecular formula is C20H23F2N3O. The lowest BCUT2D eigenvalue weighted by molar-refractivity contribution is -0.00957. The number of piperidine rings is 1. The molecule has 138 valence electrons. The Balaban J connectivity index is 1.40. The van der Waals surface area contributed by atoms with Crippen LogP contribution in [-0.4, -0.2) is 47.7 Å². The summed E-state index contributed by atoms with van der Waals surface area (Å²) in [6, 6.07) is 9.43. The normalized spacial score (nSPS) is 26.4. The summed E-state index contributed by atoms with van der Waals surface area (Å²) in [6.45, 7) is 5.78. The number of hydrogen-bond acceptors (Lipinski definition) is 4. The second kappa shape index (κ2) is 6.83. The fraction of sp³-hybridized carbons (Fsp3) is 0.450. The van der Waals surface area contributed by atoms with Crippen LogP contribution in [0, 0.1) is 11.6 Å². The molecule has 2 atom stereocenters. The number of benzene rings is 1. The number of rotatable bonds is 3. The molecule has 0 N–H and O–H groups in total. The molecule has 2 aliphatic rings. The van der Waals surface area contributed by atoms with E-state index < -0.39 is 0 Å². The third kappa shape index (κ3) is 3.51. The van der Waals surface area contributed by atoms with E-state index >= 15 is 0 Å². The predicted octanol–water partition coefficient (Wildman–Crippen LogP) is 3.48. The highest BCUT2D eigenvalue weighted by atomic mass is 19.1. The third-order valence-electron chi connectivity index (χ3n) is 5.52. The number of nitrogens with zero attached hydrogens (tertiary/aromatic N) is 3. The second-order valence-electron chi connectivity index (χ2n) is 7.43. The Morgan fingerprint density at radius 2 is 1.85 bits per heavy atom. The van der Waals surface area contributed by atoms with Crippen molar-refractivity contribution in [1.29, 1.82) is 0 Å². The lowest BCUT2D eigenvalue weighted by Gasteiger charge is -2.53. The van der Waals surface area contributed by atoms with E-state index in [1.165, 1.54) is 24.4 Å². The van der Waals surface area contributed by atoms with E-state index in [4.69, 9.17) is 4.74 Å². The van der Waals surface area contributed by atoms with Crippen LogP contribution in [0.15, 0.2) is 42.6 Å². The Hall–Kier alpha value is -2.21. The molecule has 1 aromatic carbocycles. The summed E-state index contributed by atoms with van der Waals surface area (Å²) in [6.07, 6.45) is 3.35. The van der Waals surface area contributed by atoms with E-state index in [-0.39, 0.29) is 23.3 Å². The fourth-order valence-corrected chi connectivity index (χ4v) is 4.01. The van der Waals surface area contributed by atoms with Crippen molar-refractivity contribution in [3.63, 3.8) is 0 Å². The number of ether oxygens (including phenoxy) is 1. The van der Waals surface area contributed by atoms with Crippen molar-refractivity contribution < 1.29 is 13.5 Å². The first kappa shape index (κ1) is 17.2. The van der Waals surface area contributed by atoms with Crippen LogP contribution in [-0.2, 0) is 0 Å². The van der Waals surface area contributed by atoms with E-state index in [1.54, 1.807) is 18.2 Å². The standard InChI is InChI=1S/C20H23F2N3O/c1-20-9-8-18(26-17-5-2-15(21)3-6-17)13-25(20)11-10-24(14-20)19-7-4-16(22)12-23-19/h2-7,12,18H,8-11,13-14H2,1H3/t18-,20+/m1/s1. The van der Waals surface area contributed by atoms with Gasteiger partial charge in [0.15, 0.2) is 0 Å². The third-order valence-corrected chi connectivity index (χ3v) is 5.52. The average Bonchev–Trinajstić information content (AvgIpc) is 2.64. The smallest absolute Gasteiger partial charge is 0.141 e. The van der Waals surface area contributed by atoms with E-state index in [2.05, 4.69) is 21.7 Å². The summed E-state index contributed by atoms with van der Waals surface area (Å²) >= 11 is 0. The van der Waals surface area contributed by atoms with Gasteiger partial charge in [-0.25, -0.2) is 13.8 Å². The van der Waals surface area contributed by atoms with Crippen molar-refractivity contribution in [2.75, 3.05) is 31.1 Å². The summed E-state index contributed by atoms with van der Waals surface area (Å²) in [5.41, 5.74) is 0.0526. The highest BCUT2D eigenvalue weighted by Crippen LogP contribution is 2.34. The highest BCUT2D eigenvalue weighted by Gasteiger charge is 2.42. The molecule has 2 fully saturated rings. The molecule has 4 nitrogen and oxygen atoms in total. The average molecular weight is 359 g/mol. The molecule has 3 heterocycles. The van der Waals surface area contributed by atoms with Crippen LogP contribution >= 0.6 is 0 Å². The number of aromatic nitrogens is 1. The Morgan fingerprint density at radius 1 is 1.08 bits per heavy atom. The van der Waals surface area contributed by atoms with E-state index in [1.807, 2.05) is 0 Å². The monoisotopic (exact) mass is 359 g/mol. The van der Waals surface area contributed by atoms with E-state index in [9.17, 15) is 8.78 Å². The maximum absolute atomic E-state index is 13.1. The number of hydrogen-bond donors (Lipinski definition) is 0. The van der Waals surface area contributed by atoms with Crippen LogP contribution < -0.4 is 9.64 Å². The zero-order valence-electron chi connectivity index (χ0n) is 14.9. The zero-order chi connectivity index (χ0) is 18.1. The Morgan fingerprint density at radius 3 is 2.58 bits per heavy atom. The molecule has 2 aliphatic heterocycles. The molecule has 2 saturated heterocycles. The molecular weight excluding hydrogens is 336 g/mol. The minimum absolute atomic E-state index is 0.0526. The van der Waals surface area contributed by atoms with Crippen LogP contribution in [0.5, 0.6) is 5.75 Å². The molecule has 4 rings (SSSR count). The Kier molecular flexibility index (Phi) is 4.53. The topological polar surface area (TPSA) is 28.6 Å². The van der Waals surface area contributed by atoms with Crippen molar-refractivity contribution in [1.82, 2.24) is 9.88 Å². The number of anilines is 1.